The maximum atomic E-state index is 5.96. The van der Waals surface area contributed by atoms with Crippen LogP contribution in [0.15, 0.2) is 48.5 Å². The first-order valence-electron chi connectivity index (χ1n) is 7.19. The number of fused-ring (bicyclic) bond motifs is 1. The number of anilines is 1. The lowest BCUT2D eigenvalue weighted by Crippen LogP contribution is -2.07. The molecule has 2 aromatic carbocycles. The van der Waals surface area contributed by atoms with Crippen molar-refractivity contribution in [3.8, 4) is 5.75 Å². The van der Waals surface area contributed by atoms with Crippen molar-refractivity contribution < 1.29 is 9.47 Å². The van der Waals surface area contributed by atoms with Gasteiger partial charge in [-0.3, -0.25) is 0 Å². The van der Waals surface area contributed by atoms with Crippen LogP contribution in [-0.2, 0) is 17.9 Å². The van der Waals surface area contributed by atoms with Gasteiger partial charge in [0.05, 0.1) is 17.6 Å². The van der Waals surface area contributed by atoms with Crippen LogP contribution in [0.1, 0.15) is 5.56 Å². The number of nitrogens with zero attached hydrogens (tertiary/aromatic N) is 2. The Morgan fingerprint density at radius 1 is 1.14 bits per heavy atom. The van der Waals surface area contributed by atoms with Crippen LogP contribution in [0.5, 0.6) is 5.75 Å². The monoisotopic (exact) mass is 297 g/mol. The maximum absolute atomic E-state index is 5.96. The van der Waals surface area contributed by atoms with Gasteiger partial charge in [-0.25, -0.2) is 4.98 Å². The Kier molecular flexibility index (Phi) is 4.25. The van der Waals surface area contributed by atoms with Gasteiger partial charge in [0.15, 0.2) is 0 Å². The second kappa shape index (κ2) is 6.49. The fourth-order valence-electron chi connectivity index (χ4n) is 2.38. The Morgan fingerprint density at radius 2 is 1.95 bits per heavy atom. The minimum absolute atomic E-state index is 0.493. The van der Waals surface area contributed by atoms with Crippen molar-refractivity contribution in [2.45, 2.75) is 13.2 Å². The summed E-state index contributed by atoms with van der Waals surface area (Å²) in [6.45, 7) is 1.82. The van der Waals surface area contributed by atoms with E-state index in [0.29, 0.717) is 25.7 Å². The predicted octanol–water partition coefficient (Wildman–Crippen LogP) is 2.84. The molecule has 0 amide bonds. The average molecular weight is 297 g/mol. The van der Waals surface area contributed by atoms with Gasteiger partial charge in [0, 0.05) is 19.7 Å². The Labute approximate surface area is 129 Å². The summed E-state index contributed by atoms with van der Waals surface area (Å²) >= 11 is 0. The number of imidazole rings is 1. The molecule has 0 fully saturated rings. The lowest BCUT2D eigenvalue weighted by atomic mass is 10.2. The number of methoxy groups -OCH3 is 1. The van der Waals surface area contributed by atoms with E-state index in [1.54, 1.807) is 7.11 Å². The molecule has 5 nitrogen and oxygen atoms in total. The number of hydrogen-bond donors (Lipinski definition) is 1. The Hall–Kier alpha value is -2.53. The summed E-state index contributed by atoms with van der Waals surface area (Å²) < 4.78 is 12.9. The van der Waals surface area contributed by atoms with Gasteiger partial charge in [0.1, 0.15) is 12.4 Å². The van der Waals surface area contributed by atoms with Gasteiger partial charge in [0.2, 0.25) is 5.95 Å². The first-order valence-corrected chi connectivity index (χ1v) is 7.19. The highest BCUT2D eigenvalue weighted by molar-refractivity contribution is 5.79. The van der Waals surface area contributed by atoms with E-state index < -0.39 is 0 Å². The summed E-state index contributed by atoms with van der Waals surface area (Å²) in [5.41, 5.74) is 8.92. The first-order chi connectivity index (χ1) is 10.8. The SMILES string of the molecule is COCCn1c(N)nc2cc(OCc3ccccc3)ccc21. The average Bonchev–Trinajstić information content (AvgIpc) is 2.86. The lowest BCUT2D eigenvalue weighted by Gasteiger charge is -2.07. The minimum atomic E-state index is 0.493. The van der Waals surface area contributed by atoms with Gasteiger partial charge in [-0.1, -0.05) is 30.3 Å². The molecule has 0 spiro atoms. The third-order valence-electron chi connectivity index (χ3n) is 3.52. The van der Waals surface area contributed by atoms with Crippen molar-refractivity contribution in [3.05, 3.63) is 54.1 Å². The van der Waals surface area contributed by atoms with E-state index in [4.69, 9.17) is 15.2 Å². The van der Waals surface area contributed by atoms with Gasteiger partial charge in [-0.15, -0.1) is 0 Å². The van der Waals surface area contributed by atoms with Crippen molar-refractivity contribution in [1.82, 2.24) is 9.55 Å². The van der Waals surface area contributed by atoms with Crippen LogP contribution in [0.2, 0.25) is 0 Å². The summed E-state index contributed by atoms with van der Waals surface area (Å²) in [4.78, 5) is 4.39. The van der Waals surface area contributed by atoms with Crippen molar-refractivity contribution >= 4 is 17.0 Å². The summed E-state index contributed by atoms with van der Waals surface area (Å²) in [6.07, 6.45) is 0. The lowest BCUT2D eigenvalue weighted by molar-refractivity contribution is 0.189. The normalized spacial score (nSPS) is 11.0. The van der Waals surface area contributed by atoms with Gasteiger partial charge in [0.25, 0.3) is 0 Å². The van der Waals surface area contributed by atoms with E-state index in [9.17, 15) is 0 Å². The number of nitrogens with two attached hydrogens (primary N) is 1. The molecule has 3 rings (SSSR count). The maximum Gasteiger partial charge on any atom is 0.201 e. The van der Waals surface area contributed by atoms with Gasteiger partial charge >= 0.3 is 0 Å². The molecule has 3 aromatic rings. The van der Waals surface area contributed by atoms with Gasteiger partial charge in [-0.2, -0.15) is 0 Å². The number of hydrogen-bond acceptors (Lipinski definition) is 4. The second-order valence-corrected chi connectivity index (χ2v) is 5.04. The molecule has 1 heterocycles. The van der Waals surface area contributed by atoms with Crippen molar-refractivity contribution in [3.63, 3.8) is 0 Å². The summed E-state index contributed by atoms with van der Waals surface area (Å²) in [5.74, 6) is 1.28. The van der Waals surface area contributed by atoms with Crippen LogP contribution in [-0.4, -0.2) is 23.3 Å². The van der Waals surface area contributed by atoms with Crippen LogP contribution in [0, 0.1) is 0 Å². The number of rotatable bonds is 6. The van der Waals surface area contributed by atoms with E-state index in [1.807, 2.05) is 53.1 Å². The van der Waals surface area contributed by atoms with Crippen molar-refractivity contribution in [2.75, 3.05) is 19.5 Å². The van der Waals surface area contributed by atoms with E-state index in [0.717, 1.165) is 22.3 Å². The molecule has 0 aliphatic heterocycles. The zero-order chi connectivity index (χ0) is 15.4. The number of ether oxygens (including phenoxy) is 2. The molecule has 0 aliphatic carbocycles. The number of nitrogen functional groups attached to an aromatic ring is 1. The van der Waals surface area contributed by atoms with Gasteiger partial charge in [-0.05, 0) is 17.7 Å². The number of benzene rings is 2. The van der Waals surface area contributed by atoms with E-state index >= 15 is 0 Å². The molecule has 0 radical (unpaired) electrons. The van der Waals surface area contributed by atoms with Crippen molar-refractivity contribution in [2.24, 2.45) is 0 Å². The molecule has 0 saturated heterocycles. The Bertz CT molecular complexity index is 753. The quantitative estimate of drug-likeness (QED) is 0.760. The molecular formula is C17H19N3O2. The fourth-order valence-corrected chi connectivity index (χ4v) is 2.38. The highest BCUT2D eigenvalue weighted by atomic mass is 16.5. The molecule has 0 bridgehead atoms. The molecule has 5 heteroatoms. The molecule has 0 unspecified atom stereocenters. The van der Waals surface area contributed by atoms with E-state index in [-0.39, 0.29) is 0 Å². The van der Waals surface area contributed by atoms with E-state index in [2.05, 4.69) is 4.98 Å². The molecule has 22 heavy (non-hydrogen) atoms. The van der Waals surface area contributed by atoms with Gasteiger partial charge < -0.3 is 19.8 Å². The molecule has 0 atom stereocenters. The zero-order valence-electron chi connectivity index (χ0n) is 12.5. The first kappa shape index (κ1) is 14.4. The van der Waals surface area contributed by atoms with Crippen LogP contribution < -0.4 is 10.5 Å². The molecule has 0 aliphatic rings. The van der Waals surface area contributed by atoms with Crippen LogP contribution in [0.4, 0.5) is 5.95 Å². The highest BCUT2D eigenvalue weighted by Crippen LogP contribution is 2.23. The Balaban J connectivity index is 1.78. The Morgan fingerprint density at radius 3 is 2.73 bits per heavy atom. The van der Waals surface area contributed by atoms with E-state index in [1.165, 1.54) is 0 Å². The standard InChI is InChI=1S/C17H19N3O2/c1-21-10-9-20-16-8-7-14(11-15(16)19-17(20)18)22-12-13-5-3-2-4-6-13/h2-8,11H,9-10,12H2,1H3,(H2,18,19). The third-order valence-corrected chi connectivity index (χ3v) is 3.52. The molecular weight excluding hydrogens is 278 g/mol. The predicted molar refractivity (Wildman–Crippen MR) is 86.8 cm³/mol. The summed E-state index contributed by atoms with van der Waals surface area (Å²) in [6, 6.07) is 15.9. The highest BCUT2D eigenvalue weighted by Gasteiger charge is 2.09. The van der Waals surface area contributed by atoms with Crippen LogP contribution in [0.3, 0.4) is 0 Å². The molecule has 0 saturated carbocycles. The fraction of sp³-hybridized carbons (Fsp3) is 0.235. The summed E-state index contributed by atoms with van der Waals surface area (Å²) in [5, 5.41) is 0. The third kappa shape index (κ3) is 3.04. The summed E-state index contributed by atoms with van der Waals surface area (Å²) in [7, 11) is 1.67. The largest absolute Gasteiger partial charge is 0.489 e. The van der Waals surface area contributed by atoms with Crippen LogP contribution >= 0.6 is 0 Å². The topological polar surface area (TPSA) is 62.3 Å². The molecule has 1 aromatic heterocycles. The minimum Gasteiger partial charge on any atom is -0.489 e. The second-order valence-electron chi connectivity index (χ2n) is 5.04. The number of aromatic nitrogens is 2. The smallest absolute Gasteiger partial charge is 0.201 e. The zero-order valence-corrected chi connectivity index (χ0v) is 12.5. The molecule has 2 N–H and O–H groups in total. The molecule has 114 valence electrons. The van der Waals surface area contributed by atoms with Crippen molar-refractivity contribution in [1.29, 1.82) is 0 Å². The van der Waals surface area contributed by atoms with Crippen LogP contribution in [0.25, 0.3) is 11.0 Å².